The largest absolute Gasteiger partial charge is 0.243 e. The third-order valence-electron chi connectivity index (χ3n) is 4.79. The summed E-state index contributed by atoms with van der Waals surface area (Å²) in [4.78, 5) is 0.347. The van der Waals surface area contributed by atoms with Gasteiger partial charge in [0, 0.05) is 11.6 Å². The van der Waals surface area contributed by atoms with E-state index in [2.05, 4.69) is 20.8 Å². The average molecular weight is 378 g/mol. The Kier molecular flexibility index (Phi) is 4.97. The molecule has 5 heteroatoms. The maximum atomic E-state index is 13.2. The van der Waals surface area contributed by atoms with Crippen LogP contribution in [0.5, 0.6) is 0 Å². The zero-order valence-electron chi connectivity index (χ0n) is 14.9. The highest BCUT2D eigenvalue weighted by Crippen LogP contribution is 2.39. The van der Waals surface area contributed by atoms with Gasteiger partial charge in [-0.05, 0) is 47.6 Å². The first-order valence-electron chi connectivity index (χ1n) is 8.58. The van der Waals surface area contributed by atoms with Gasteiger partial charge in [-0.2, -0.15) is 4.31 Å². The van der Waals surface area contributed by atoms with E-state index in [1.165, 1.54) is 0 Å². The van der Waals surface area contributed by atoms with Crippen LogP contribution in [-0.2, 0) is 15.4 Å². The number of sulfonamides is 1. The van der Waals surface area contributed by atoms with Gasteiger partial charge < -0.3 is 0 Å². The molecule has 3 nitrogen and oxygen atoms in total. The van der Waals surface area contributed by atoms with Crippen molar-refractivity contribution in [2.75, 3.05) is 6.54 Å². The summed E-state index contributed by atoms with van der Waals surface area (Å²) in [5.41, 5.74) is 2.00. The van der Waals surface area contributed by atoms with Crippen LogP contribution < -0.4 is 0 Å². The second-order valence-corrected chi connectivity index (χ2v) is 9.87. The normalized spacial score (nSPS) is 19.3. The summed E-state index contributed by atoms with van der Waals surface area (Å²) in [5, 5.41) is 0.623. The molecule has 0 N–H and O–H groups in total. The Bertz CT molecular complexity index is 854. The lowest BCUT2D eigenvalue weighted by Crippen LogP contribution is -2.31. The number of nitrogens with zero attached hydrogens (tertiary/aromatic N) is 1. The van der Waals surface area contributed by atoms with Crippen molar-refractivity contribution >= 4 is 21.6 Å². The maximum Gasteiger partial charge on any atom is 0.243 e. The quantitative estimate of drug-likeness (QED) is 0.740. The minimum Gasteiger partial charge on any atom is -0.207 e. The summed E-state index contributed by atoms with van der Waals surface area (Å²) in [6.07, 6.45) is 1.64. The van der Waals surface area contributed by atoms with Crippen molar-refractivity contribution in [2.24, 2.45) is 0 Å². The fourth-order valence-corrected chi connectivity index (χ4v) is 5.28. The molecule has 3 rings (SSSR count). The topological polar surface area (TPSA) is 37.4 Å². The van der Waals surface area contributed by atoms with Crippen LogP contribution in [0.2, 0.25) is 5.02 Å². The summed E-state index contributed by atoms with van der Waals surface area (Å²) in [7, 11) is -3.54. The predicted molar refractivity (Wildman–Crippen MR) is 102 cm³/mol. The second-order valence-electron chi connectivity index (χ2n) is 7.57. The molecule has 0 aromatic heterocycles. The van der Waals surface area contributed by atoms with E-state index < -0.39 is 10.0 Å². The van der Waals surface area contributed by atoms with E-state index in [0.29, 0.717) is 16.5 Å². The fourth-order valence-electron chi connectivity index (χ4n) is 3.35. The van der Waals surface area contributed by atoms with E-state index in [9.17, 15) is 8.42 Å². The van der Waals surface area contributed by atoms with Crippen LogP contribution in [-0.4, -0.2) is 19.3 Å². The zero-order valence-corrected chi connectivity index (χ0v) is 16.4. The van der Waals surface area contributed by atoms with Crippen LogP contribution in [0.25, 0.3) is 0 Å². The monoisotopic (exact) mass is 377 g/mol. The minimum atomic E-state index is -3.54. The van der Waals surface area contributed by atoms with E-state index in [1.54, 1.807) is 16.4 Å². The van der Waals surface area contributed by atoms with E-state index in [1.807, 2.05) is 36.4 Å². The minimum absolute atomic E-state index is 0.00393. The van der Waals surface area contributed by atoms with Gasteiger partial charge >= 0.3 is 0 Å². The van der Waals surface area contributed by atoms with Crippen molar-refractivity contribution in [1.29, 1.82) is 0 Å². The third kappa shape index (κ3) is 3.62. The SMILES string of the molecule is CC(C)(C)c1ccc(S(=O)(=O)N2CCCC2c2ccccc2Cl)cc1. The van der Waals surface area contributed by atoms with Crippen molar-refractivity contribution in [3.05, 3.63) is 64.7 Å². The molecule has 1 atom stereocenters. The molecular formula is C20H24ClNO2S. The molecule has 1 aliphatic rings. The van der Waals surface area contributed by atoms with Crippen LogP contribution >= 0.6 is 11.6 Å². The molecule has 25 heavy (non-hydrogen) atoms. The Morgan fingerprint density at radius 1 is 1.04 bits per heavy atom. The Morgan fingerprint density at radius 3 is 2.28 bits per heavy atom. The maximum absolute atomic E-state index is 13.2. The molecule has 1 unspecified atom stereocenters. The Labute approximate surface area is 155 Å². The molecule has 1 saturated heterocycles. The van der Waals surface area contributed by atoms with Crippen LogP contribution in [0, 0.1) is 0 Å². The molecule has 134 valence electrons. The van der Waals surface area contributed by atoms with Gasteiger partial charge in [0.05, 0.1) is 10.9 Å². The van der Waals surface area contributed by atoms with Gasteiger partial charge in [0.2, 0.25) is 10.0 Å². The van der Waals surface area contributed by atoms with Crippen molar-refractivity contribution in [3.63, 3.8) is 0 Å². The van der Waals surface area contributed by atoms with Crippen molar-refractivity contribution in [1.82, 2.24) is 4.31 Å². The lowest BCUT2D eigenvalue weighted by molar-refractivity contribution is 0.397. The number of rotatable bonds is 3. The molecular weight excluding hydrogens is 354 g/mol. The van der Waals surface area contributed by atoms with Crippen LogP contribution in [0.4, 0.5) is 0 Å². The van der Waals surface area contributed by atoms with Crippen LogP contribution in [0.1, 0.15) is 50.8 Å². The van der Waals surface area contributed by atoms with Gasteiger partial charge in [0.25, 0.3) is 0 Å². The first kappa shape index (κ1) is 18.4. The lowest BCUT2D eigenvalue weighted by Gasteiger charge is -2.26. The van der Waals surface area contributed by atoms with Gasteiger partial charge in [-0.3, -0.25) is 0 Å². The standard InChI is InChI=1S/C20H24ClNO2S/c1-20(2,3)15-10-12-16(13-11-15)25(23,24)22-14-6-9-19(22)17-7-4-5-8-18(17)21/h4-5,7-8,10-13,19H,6,9,14H2,1-3H3. The summed E-state index contributed by atoms with van der Waals surface area (Å²) in [6, 6.07) is 14.6. The van der Waals surface area contributed by atoms with E-state index >= 15 is 0 Å². The molecule has 0 saturated carbocycles. The molecule has 0 aliphatic carbocycles. The van der Waals surface area contributed by atoms with E-state index in [-0.39, 0.29) is 11.5 Å². The van der Waals surface area contributed by atoms with E-state index in [4.69, 9.17) is 11.6 Å². The summed E-state index contributed by atoms with van der Waals surface area (Å²) in [5.74, 6) is 0. The Balaban J connectivity index is 1.95. The molecule has 0 radical (unpaired) electrons. The Hall–Kier alpha value is -1.36. The summed E-state index contributed by atoms with van der Waals surface area (Å²) in [6.45, 7) is 6.87. The number of hydrogen-bond donors (Lipinski definition) is 0. The summed E-state index contributed by atoms with van der Waals surface area (Å²) < 4.78 is 27.9. The fraction of sp³-hybridized carbons (Fsp3) is 0.400. The highest BCUT2D eigenvalue weighted by atomic mass is 35.5. The van der Waals surface area contributed by atoms with Crippen LogP contribution in [0.3, 0.4) is 0 Å². The smallest absolute Gasteiger partial charge is 0.207 e. The number of halogens is 1. The molecule has 1 heterocycles. The first-order chi connectivity index (χ1) is 11.7. The third-order valence-corrected chi connectivity index (χ3v) is 7.06. The summed E-state index contributed by atoms with van der Waals surface area (Å²) >= 11 is 6.32. The van der Waals surface area contributed by atoms with Crippen molar-refractivity contribution in [2.45, 2.75) is 50.0 Å². The van der Waals surface area contributed by atoms with E-state index in [0.717, 1.165) is 24.0 Å². The molecule has 1 fully saturated rings. The molecule has 2 aromatic carbocycles. The Morgan fingerprint density at radius 2 is 1.68 bits per heavy atom. The lowest BCUT2D eigenvalue weighted by atomic mass is 9.87. The van der Waals surface area contributed by atoms with Gasteiger partial charge in [0.1, 0.15) is 0 Å². The molecule has 0 bridgehead atoms. The average Bonchev–Trinajstić information content (AvgIpc) is 3.05. The van der Waals surface area contributed by atoms with Gasteiger partial charge in [-0.1, -0.05) is 62.7 Å². The van der Waals surface area contributed by atoms with Crippen molar-refractivity contribution in [3.8, 4) is 0 Å². The molecule has 0 spiro atoms. The molecule has 0 amide bonds. The second kappa shape index (κ2) is 6.75. The molecule has 2 aromatic rings. The number of benzene rings is 2. The first-order valence-corrected chi connectivity index (χ1v) is 10.4. The highest BCUT2D eigenvalue weighted by Gasteiger charge is 2.37. The van der Waals surface area contributed by atoms with Crippen molar-refractivity contribution < 1.29 is 8.42 Å². The van der Waals surface area contributed by atoms with Gasteiger partial charge in [0.15, 0.2) is 0 Å². The molecule has 1 aliphatic heterocycles. The predicted octanol–water partition coefficient (Wildman–Crippen LogP) is 5.16. The van der Waals surface area contributed by atoms with Crippen LogP contribution in [0.15, 0.2) is 53.4 Å². The zero-order chi connectivity index (χ0) is 18.2. The van der Waals surface area contributed by atoms with Gasteiger partial charge in [-0.25, -0.2) is 8.42 Å². The van der Waals surface area contributed by atoms with Gasteiger partial charge in [-0.15, -0.1) is 0 Å². The highest BCUT2D eigenvalue weighted by molar-refractivity contribution is 7.89. The number of hydrogen-bond acceptors (Lipinski definition) is 2.